The van der Waals surface area contributed by atoms with E-state index in [1.807, 2.05) is 6.07 Å². The molecule has 6 nitrogen and oxygen atoms in total. The molecule has 0 saturated carbocycles. The second kappa shape index (κ2) is 6.09. The number of hydrogen-bond donors (Lipinski definition) is 2. The van der Waals surface area contributed by atoms with Gasteiger partial charge in [-0.05, 0) is 17.7 Å². The van der Waals surface area contributed by atoms with Crippen LogP contribution in [0.4, 0.5) is 11.5 Å². The summed E-state index contributed by atoms with van der Waals surface area (Å²) in [6, 6.07) is 9.20. The minimum absolute atomic E-state index is 0.0792. The Morgan fingerprint density at radius 3 is 2.61 bits per heavy atom. The van der Waals surface area contributed by atoms with Crippen LogP contribution in [0.2, 0.25) is 0 Å². The van der Waals surface area contributed by atoms with Gasteiger partial charge in [0, 0.05) is 5.56 Å². The summed E-state index contributed by atoms with van der Waals surface area (Å²) in [5.41, 5.74) is 7.40. The average Bonchev–Trinajstić information content (AvgIpc) is 2.51. The molecule has 2 heterocycles. The largest absolute Gasteiger partial charge is 0.486 e. The summed E-state index contributed by atoms with van der Waals surface area (Å²) >= 11 is 5.14. The molecule has 23 heavy (non-hydrogen) atoms. The van der Waals surface area contributed by atoms with E-state index in [2.05, 4.69) is 9.83 Å². The molecule has 0 radical (unpaired) electrons. The number of aromatic nitrogens is 1. The summed E-state index contributed by atoms with van der Waals surface area (Å²) in [5.74, 6) is 0.866. The molecular weight excluding hydrogens is 312 g/mol. The topological polar surface area (TPSA) is 88.4 Å². The number of nitrogens with two attached hydrogens (primary N) is 1. The minimum atomic E-state index is 0.0792. The minimum Gasteiger partial charge on any atom is -0.486 e. The summed E-state index contributed by atoms with van der Waals surface area (Å²) in [6.07, 6.45) is 0.0792. The zero-order valence-electron chi connectivity index (χ0n) is 12.0. The second-order valence-electron chi connectivity index (χ2n) is 4.99. The molecular formula is C16H12N4O2S. The predicted molar refractivity (Wildman–Crippen MR) is 87.7 cm³/mol. The third kappa shape index (κ3) is 2.76. The molecule has 0 spiro atoms. The Morgan fingerprint density at radius 2 is 2.09 bits per heavy atom. The van der Waals surface area contributed by atoms with Crippen molar-refractivity contribution < 1.29 is 9.47 Å². The lowest BCUT2D eigenvalue weighted by atomic mass is 10.00. The molecule has 0 aliphatic carbocycles. The van der Waals surface area contributed by atoms with Crippen molar-refractivity contribution in [2.45, 2.75) is 6.10 Å². The molecule has 1 aromatic carbocycles. The van der Waals surface area contributed by atoms with Gasteiger partial charge >= 0.3 is 0 Å². The lowest BCUT2D eigenvalue weighted by molar-refractivity contribution is -0.0796. The van der Waals surface area contributed by atoms with Crippen LogP contribution >= 0.6 is 12.2 Å². The summed E-state index contributed by atoms with van der Waals surface area (Å²) < 4.78 is 11.0. The first kappa shape index (κ1) is 15.0. The lowest BCUT2D eigenvalue weighted by Gasteiger charge is -2.26. The van der Waals surface area contributed by atoms with Gasteiger partial charge in [-0.25, -0.2) is 4.85 Å². The number of nitrogens with one attached hydrogen (secondary N) is 1. The van der Waals surface area contributed by atoms with Crippen molar-refractivity contribution in [3.8, 4) is 22.9 Å². The molecule has 3 rings (SSSR count). The number of hydrogen-bond acceptors (Lipinski definition) is 5. The van der Waals surface area contributed by atoms with Gasteiger partial charge in [0.05, 0.1) is 25.3 Å². The smallest absolute Gasteiger partial charge is 0.234 e. The normalized spacial score (nSPS) is 13.7. The van der Waals surface area contributed by atoms with Gasteiger partial charge in [0.2, 0.25) is 5.69 Å². The van der Waals surface area contributed by atoms with Crippen LogP contribution in [0.15, 0.2) is 24.3 Å². The van der Waals surface area contributed by atoms with E-state index in [1.54, 1.807) is 24.3 Å². The van der Waals surface area contributed by atoms with E-state index in [9.17, 15) is 5.26 Å². The predicted octanol–water partition coefficient (Wildman–Crippen LogP) is 3.19. The second-order valence-corrected chi connectivity index (χ2v) is 5.40. The fourth-order valence-electron chi connectivity index (χ4n) is 2.29. The van der Waals surface area contributed by atoms with Crippen LogP contribution in [-0.2, 0) is 4.74 Å². The van der Waals surface area contributed by atoms with Crippen LogP contribution < -0.4 is 10.5 Å². The highest BCUT2D eigenvalue weighted by atomic mass is 32.1. The van der Waals surface area contributed by atoms with E-state index < -0.39 is 0 Å². The molecule has 1 fully saturated rings. The van der Waals surface area contributed by atoms with Crippen LogP contribution in [-0.4, -0.2) is 24.3 Å². The SMILES string of the molecule is [C-]#[N+]c1c(N)[nH]c(=S)c(C#N)c1-c1ccc(OC2COC2)cc1. The maximum Gasteiger partial charge on any atom is 0.234 e. The first-order chi connectivity index (χ1) is 11.1. The van der Waals surface area contributed by atoms with Crippen molar-refractivity contribution >= 4 is 23.7 Å². The molecule has 114 valence electrons. The molecule has 1 aromatic heterocycles. The Bertz CT molecular complexity index is 887. The number of benzene rings is 1. The number of H-pyrrole nitrogens is 1. The molecule has 0 atom stereocenters. The number of nitriles is 1. The van der Waals surface area contributed by atoms with E-state index in [-0.39, 0.29) is 27.8 Å². The van der Waals surface area contributed by atoms with Crippen LogP contribution in [0.5, 0.6) is 5.75 Å². The Balaban J connectivity index is 2.06. The molecule has 1 aliphatic rings. The number of anilines is 1. The third-order valence-electron chi connectivity index (χ3n) is 3.49. The molecule has 0 unspecified atom stereocenters. The van der Waals surface area contributed by atoms with E-state index in [0.717, 1.165) is 0 Å². The summed E-state index contributed by atoms with van der Waals surface area (Å²) in [4.78, 5) is 6.13. The Hall–Kier alpha value is -2.87. The fourth-order valence-corrected chi connectivity index (χ4v) is 2.55. The third-order valence-corrected chi connectivity index (χ3v) is 3.80. The molecule has 0 amide bonds. The highest BCUT2D eigenvalue weighted by Gasteiger charge is 2.20. The van der Waals surface area contributed by atoms with Crippen LogP contribution in [0, 0.1) is 22.5 Å². The van der Waals surface area contributed by atoms with Crippen LogP contribution in [0.1, 0.15) is 5.56 Å². The summed E-state index contributed by atoms with van der Waals surface area (Å²) in [7, 11) is 0. The van der Waals surface area contributed by atoms with E-state index in [1.165, 1.54) is 0 Å². The molecule has 7 heteroatoms. The Labute approximate surface area is 137 Å². The van der Waals surface area contributed by atoms with E-state index in [0.29, 0.717) is 30.1 Å². The van der Waals surface area contributed by atoms with Gasteiger partial charge in [0.25, 0.3) is 0 Å². The number of nitrogens with zero attached hydrogens (tertiary/aromatic N) is 2. The zero-order valence-corrected chi connectivity index (χ0v) is 12.8. The molecule has 0 bridgehead atoms. The maximum atomic E-state index is 9.37. The maximum absolute atomic E-state index is 9.37. The number of aromatic amines is 1. The highest BCUT2D eigenvalue weighted by Crippen LogP contribution is 2.38. The van der Waals surface area contributed by atoms with Gasteiger partial charge in [-0.1, -0.05) is 24.4 Å². The van der Waals surface area contributed by atoms with Gasteiger partial charge < -0.3 is 20.2 Å². The summed E-state index contributed by atoms with van der Waals surface area (Å²) in [6.45, 7) is 8.51. The van der Waals surface area contributed by atoms with Crippen molar-refractivity contribution in [2.75, 3.05) is 18.9 Å². The van der Waals surface area contributed by atoms with Crippen molar-refractivity contribution in [1.82, 2.24) is 4.98 Å². The lowest BCUT2D eigenvalue weighted by Crippen LogP contribution is -2.38. The molecule has 3 N–H and O–H groups in total. The van der Waals surface area contributed by atoms with Crippen molar-refractivity contribution in [3.05, 3.63) is 45.9 Å². The van der Waals surface area contributed by atoms with Crippen molar-refractivity contribution in [2.24, 2.45) is 0 Å². The monoisotopic (exact) mass is 324 g/mol. The molecule has 2 aromatic rings. The Kier molecular flexibility index (Phi) is 3.98. The first-order valence-corrected chi connectivity index (χ1v) is 7.23. The fraction of sp³-hybridized carbons (Fsp3) is 0.188. The standard InChI is InChI=1S/C16H12N4O2S/c1-19-14-13(12(6-17)16(23)20-15(14)18)9-2-4-10(5-3-9)22-11-7-21-8-11/h2-5,11H,7-8H2,(H3,18,20,23). The zero-order chi connectivity index (χ0) is 16.4. The average molecular weight is 324 g/mol. The van der Waals surface area contributed by atoms with Gasteiger partial charge in [0.15, 0.2) is 0 Å². The molecule has 1 saturated heterocycles. The van der Waals surface area contributed by atoms with Gasteiger partial charge in [-0.2, -0.15) is 5.26 Å². The summed E-state index contributed by atoms with van der Waals surface area (Å²) in [5, 5.41) is 9.37. The quantitative estimate of drug-likeness (QED) is 0.668. The Morgan fingerprint density at radius 1 is 1.39 bits per heavy atom. The van der Waals surface area contributed by atoms with E-state index in [4.69, 9.17) is 34.0 Å². The van der Waals surface area contributed by atoms with Crippen LogP contribution in [0.3, 0.4) is 0 Å². The van der Waals surface area contributed by atoms with Gasteiger partial charge in [-0.15, -0.1) is 0 Å². The van der Waals surface area contributed by atoms with Crippen molar-refractivity contribution in [3.63, 3.8) is 0 Å². The number of rotatable bonds is 3. The van der Waals surface area contributed by atoms with E-state index >= 15 is 0 Å². The number of nitrogen functional groups attached to an aromatic ring is 1. The highest BCUT2D eigenvalue weighted by molar-refractivity contribution is 7.71. The van der Waals surface area contributed by atoms with Crippen LogP contribution in [0.25, 0.3) is 16.0 Å². The van der Waals surface area contributed by atoms with Gasteiger partial charge in [-0.3, -0.25) is 0 Å². The van der Waals surface area contributed by atoms with Gasteiger partial charge in [0.1, 0.15) is 28.4 Å². The molecule has 1 aliphatic heterocycles. The first-order valence-electron chi connectivity index (χ1n) is 6.82. The number of pyridine rings is 1. The van der Waals surface area contributed by atoms with Crippen molar-refractivity contribution in [1.29, 1.82) is 5.26 Å². The number of ether oxygens (including phenoxy) is 2.